The largest absolute Gasteiger partial charge is 0.325 e. The topological polar surface area (TPSA) is 43.1 Å². The van der Waals surface area contributed by atoms with Gasteiger partial charge in [0.25, 0.3) is 0 Å². The van der Waals surface area contributed by atoms with Crippen molar-refractivity contribution in [3.05, 3.63) is 0 Å². The minimum absolute atomic E-state index is 0.0293. The summed E-state index contributed by atoms with van der Waals surface area (Å²) in [6, 6.07) is 0. The highest BCUT2D eigenvalue weighted by molar-refractivity contribution is 5.81. The molecule has 0 fully saturated rings. The zero-order valence-corrected chi connectivity index (χ0v) is 9.90. The number of hydrogen-bond acceptors (Lipinski definition) is 2. The fraction of sp³-hybridized carbons (Fsp3) is 0.750. The molecule has 0 aliphatic heterocycles. The molecular formula is C12H21NO. The fourth-order valence-electron chi connectivity index (χ4n) is 0.979. The Morgan fingerprint density at radius 1 is 1.21 bits per heavy atom. The van der Waals surface area contributed by atoms with Crippen LogP contribution in [-0.4, -0.2) is 11.3 Å². The van der Waals surface area contributed by atoms with Gasteiger partial charge in [0, 0.05) is 17.4 Å². The van der Waals surface area contributed by atoms with Crippen molar-refractivity contribution in [2.75, 3.05) is 0 Å². The van der Waals surface area contributed by atoms with Crippen LogP contribution in [0, 0.1) is 17.3 Å². The molecule has 80 valence electrons. The van der Waals surface area contributed by atoms with E-state index in [1.807, 2.05) is 34.6 Å². The van der Waals surface area contributed by atoms with Crippen LogP contribution in [0.4, 0.5) is 0 Å². The lowest BCUT2D eigenvalue weighted by Gasteiger charge is -2.15. The van der Waals surface area contributed by atoms with Crippen molar-refractivity contribution in [3.63, 3.8) is 0 Å². The molecule has 0 aliphatic rings. The first-order valence-electron chi connectivity index (χ1n) is 4.91. The van der Waals surface area contributed by atoms with Gasteiger partial charge in [-0.1, -0.05) is 11.8 Å². The van der Waals surface area contributed by atoms with Crippen LogP contribution in [0.25, 0.3) is 0 Å². The lowest BCUT2D eigenvalue weighted by Crippen LogP contribution is -2.34. The first-order chi connectivity index (χ1) is 6.10. The van der Waals surface area contributed by atoms with E-state index in [2.05, 4.69) is 11.8 Å². The number of hydrogen-bond donors (Lipinski definition) is 1. The zero-order chi connectivity index (χ0) is 11.4. The summed E-state index contributed by atoms with van der Waals surface area (Å²) in [5, 5.41) is 0. The molecule has 2 nitrogen and oxygen atoms in total. The van der Waals surface area contributed by atoms with E-state index in [4.69, 9.17) is 5.73 Å². The van der Waals surface area contributed by atoms with Crippen molar-refractivity contribution >= 4 is 5.78 Å². The van der Waals surface area contributed by atoms with Crippen LogP contribution in [0.5, 0.6) is 0 Å². The lowest BCUT2D eigenvalue weighted by molar-refractivity contribution is -0.119. The highest BCUT2D eigenvalue weighted by Crippen LogP contribution is 2.10. The summed E-state index contributed by atoms with van der Waals surface area (Å²) < 4.78 is 0. The predicted molar refractivity (Wildman–Crippen MR) is 59.7 cm³/mol. The summed E-state index contributed by atoms with van der Waals surface area (Å²) in [5.74, 6) is 6.04. The van der Waals surface area contributed by atoms with E-state index in [0.29, 0.717) is 12.8 Å². The highest BCUT2D eigenvalue weighted by atomic mass is 16.1. The van der Waals surface area contributed by atoms with Crippen molar-refractivity contribution in [2.24, 2.45) is 11.1 Å². The number of nitrogens with two attached hydrogens (primary N) is 1. The molecule has 0 saturated carbocycles. The smallest absolute Gasteiger partial charge is 0.146 e. The van der Waals surface area contributed by atoms with Crippen LogP contribution in [0.2, 0.25) is 0 Å². The number of carbonyl (C=O) groups is 1. The van der Waals surface area contributed by atoms with Gasteiger partial charge in [-0.25, -0.2) is 0 Å². The van der Waals surface area contributed by atoms with Gasteiger partial charge in [0.2, 0.25) is 0 Å². The Labute approximate surface area is 87.3 Å². The monoisotopic (exact) mass is 195 g/mol. The van der Waals surface area contributed by atoms with Gasteiger partial charge in [0.05, 0.1) is 6.42 Å². The molecule has 0 bridgehead atoms. The van der Waals surface area contributed by atoms with Gasteiger partial charge in [0.1, 0.15) is 5.78 Å². The molecule has 0 aromatic rings. The van der Waals surface area contributed by atoms with Crippen molar-refractivity contribution in [2.45, 2.75) is 53.0 Å². The average Bonchev–Trinajstić information content (AvgIpc) is 1.78. The maximum Gasteiger partial charge on any atom is 0.146 e. The molecule has 0 heterocycles. The summed E-state index contributed by atoms with van der Waals surface area (Å²) in [4.78, 5) is 11.4. The molecule has 0 unspecified atom stereocenters. The van der Waals surface area contributed by atoms with Crippen LogP contribution in [0.3, 0.4) is 0 Å². The summed E-state index contributed by atoms with van der Waals surface area (Å²) in [6.07, 6.45) is 0.712. The number of rotatable bonds is 3. The van der Waals surface area contributed by atoms with Gasteiger partial charge in [-0.3, -0.25) is 4.79 Å². The molecule has 14 heavy (non-hydrogen) atoms. The van der Waals surface area contributed by atoms with Gasteiger partial charge in [-0.15, -0.1) is 0 Å². The van der Waals surface area contributed by atoms with E-state index in [-0.39, 0.29) is 11.2 Å². The molecule has 0 atom stereocenters. The SMILES string of the molecule is CC(C)(C)C#CCC(=O)CC(C)(C)N. The maximum absolute atomic E-state index is 11.4. The second-order valence-corrected chi connectivity index (χ2v) is 5.43. The lowest BCUT2D eigenvalue weighted by atomic mass is 9.96. The quantitative estimate of drug-likeness (QED) is 0.701. The van der Waals surface area contributed by atoms with Crippen molar-refractivity contribution in [3.8, 4) is 11.8 Å². The van der Waals surface area contributed by atoms with Crippen LogP contribution in [0.15, 0.2) is 0 Å². The third kappa shape index (κ3) is 9.28. The number of carbonyl (C=O) groups excluding carboxylic acids is 1. The Balaban J connectivity index is 4.03. The fourth-order valence-corrected chi connectivity index (χ4v) is 0.979. The minimum atomic E-state index is -0.416. The third-order valence-electron chi connectivity index (χ3n) is 1.40. The molecule has 2 N–H and O–H groups in total. The summed E-state index contributed by atoms with van der Waals surface area (Å²) in [5.41, 5.74) is 5.28. The van der Waals surface area contributed by atoms with Crippen molar-refractivity contribution in [1.82, 2.24) is 0 Å². The molecule has 0 rings (SSSR count). The molecule has 0 radical (unpaired) electrons. The van der Waals surface area contributed by atoms with Gasteiger partial charge in [0.15, 0.2) is 0 Å². The summed E-state index contributed by atoms with van der Waals surface area (Å²) >= 11 is 0. The average molecular weight is 195 g/mol. The van der Waals surface area contributed by atoms with Gasteiger partial charge >= 0.3 is 0 Å². The molecule has 2 heteroatoms. The van der Waals surface area contributed by atoms with Gasteiger partial charge < -0.3 is 5.73 Å². The Kier molecular flexibility index (Phi) is 4.35. The molecular weight excluding hydrogens is 174 g/mol. The van der Waals surface area contributed by atoms with Crippen LogP contribution < -0.4 is 5.73 Å². The van der Waals surface area contributed by atoms with Crippen molar-refractivity contribution in [1.29, 1.82) is 0 Å². The normalized spacial score (nSPS) is 11.9. The van der Waals surface area contributed by atoms with Crippen LogP contribution >= 0.6 is 0 Å². The molecule has 0 amide bonds. The van der Waals surface area contributed by atoms with Gasteiger partial charge in [-0.05, 0) is 34.6 Å². The summed E-state index contributed by atoms with van der Waals surface area (Å²) in [7, 11) is 0. The Morgan fingerprint density at radius 3 is 2.07 bits per heavy atom. The first-order valence-corrected chi connectivity index (χ1v) is 4.91. The van der Waals surface area contributed by atoms with Crippen LogP contribution in [0.1, 0.15) is 47.5 Å². The Bertz CT molecular complexity index is 255. The second kappa shape index (κ2) is 4.61. The standard InChI is InChI=1S/C12H21NO/c1-11(2,3)8-6-7-10(14)9-12(4,5)13/h7,9,13H2,1-5H3. The first kappa shape index (κ1) is 13.2. The van der Waals surface area contributed by atoms with E-state index < -0.39 is 5.54 Å². The van der Waals surface area contributed by atoms with E-state index in [1.54, 1.807) is 0 Å². The maximum atomic E-state index is 11.4. The zero-order valence-electron chi connectivity index (χ0n) is 9.90. The molecule has 0 saturated heterocycles. The van der Waals surface area contributed by atoms with Crippen molar-refractivity contribution < 1.29 is 4.79 Å². The second-order valence-electron chi connectivity index (χ2n) is 5.43. The van der Waals surface area contributed by atoms with E-state index in [9.17, 15) is 4.79 Å². The minimum Gasteiger partial charge on any atom is -0.325 e. The predicted octanol–water partition coefficient (Wildman–Crippen LogP) is 2.12. The molecule has 0 aromatic carbocycles. The molecule has 0 aliphatic carbocycles. The van der Waals surface area contributed by atoms with Gasteiger partial charge in [-0.2, -0.15) is 0 Å². The van der Waals surface area contributed by atoms with E-state index in [1.165, 1.54) is 0 Å². The van der Waals surface area contributed by atoms with E-state index >= 15 is 0 Å². The number of ketones is 1. The Morgan fingerprint density at radius 2 is 1.71 bits per heavy atom. The summed E-state index contributed by atoms with van der Waals surface area (Å²) in [6.45, 7) is 9.77. The van der Waals surface area contributed by atoms with Crippen LogP contribution in [-0.2, 0) is 4.79 Å². The number of Topliss-reactive ketones (excluding diaryl/α,β-unsaturated/α-hetero) is 1. The van der Waals surface area contributed by atoms with E-state index in [0.717, 1.165) is 0 Å². The highest BCUT2D eigenvalue weighted by Gasteiger charge is 2.15. The Hall–Kier alpha value is -0.810. The third-order valence-corrected chi connectivity index (χ3v) is 1.40. The molecule has 0 spiro atoms. The molecule has 0 aromatic heterocycles.